The molecule has 48 heavy (non-hydrogen) atoms. The van der Waals surface area contributed by atoms with E-state index in [4.69, 9.17) is 24.2 Å². The van der Waals surface area contributed by atoms with E-state index in [-0.39, 0.29) is 15.8 Å². The fraction of sp³-hybridized carbons (Fsp3) is 0.553. The SMILES string of the molecule is C=c1cnn(-c2cccc(CO[Si](C)(C)C(C)(C)C)n2)/c1=C/C(=C\CC1CCOCC1)c1cccc([C@H](CCC)N[S+]([O-])C(C)(C)C)n1. The summed E-state index contributed by atoms with van der Waals surface area (Å²) in [6.45, 7) is 25.8. The first-order valence-corrected chi connectivity index (χ1v) is 21.4. The average molecular weight is 692 g/mol. The zero-order valence-corrected chi connectivity index (χ0v) is 32.5. The van der Waals surface area contributed by atoms with Crippen molar-refractivity contribution in [3.05, 3.63) is 76.3 Å². The minimum atomic E-state index is -1.93. The van der Waals surface area contributed by atoms with E-state index >= 15 is 0 Å². The third-order valence-corrected chi connectivity index (χ3v) is 15.5. The molecule has 0 aromatic carbocycles. The van der Waals surface area contributed by atoms with Crippen molar-refractivity contribution in [1.82, 2.24) is 24.5 Å². The number of ether oxygens (including phenoxy) is 1. The molecule has 0 bridgehead atoms. The van der Waals surface area contributed by atoms with Crippen molar-refractivity contribution < 1.29 is 13.7 Å². The zero-order chi connectivity index (χ0) is 35.1. The van der Waals surface area contributed by atoms with Crippen LogP contribution in [0.15, 0.2) is 48.7 Å². The Kier molecular flexibility index (Phi) is 13.1. The van der Waals surface area contributed by atoms with Crippen LogP contribution in [0.4, 0.5) is 0 Å². The van der Waals surface area contributed by atoms with Crippen LogP contribution in [0.5, 0.6) is 0 Å². The average Bonchev–Trinajstić information content (AvgIpc) is 3.41. The quantitative estimate of drug-likeness (QED) is 0.150. The molecule has 0 spiro atoms. The van der Waals surface area contributed by atoms with Crippen LogP contribution in [0.1, 0.15) is 104 Å². The number of nitrogens with zero attached hydrogens (tertiary/aromatic N) is 4. The van der Waals surface area contributed by atoms with Gasteiger partial charge < -0.3 is 13.7 Å². The molecule has 3 aromatic rings. The molecule has 2 atom stereocenters. The van der Waals surface area contributed by atoms with Crippen molar-refractivity contribution in [2.45, 2.75) is 116 Å². The van der Waals surface area contributed by atoms with Crippen LogP contribution < -0.4 is 15.3 Å². The number of nitrogens with one attached hydrogen (secondary N) is 1. The Hall–Kier alpha value is -2.60. The van der Waals surface area contributed by atoms with Gasteiger partial charge in [-0.05, 0) is 106 Å². The molecule has 1 fully saturated rings. The molecule has 1 unspecified atom stereocenters. The monoisotopic (exact) mass is 691 g/mol. The molecule has 8 nitrogen and oxygen atoms in total. The van der Waals surface area contributed by atoms with Crippen molar-refractivity contribution >= 4 is 37.9 Å². The molecular formula is C38H57N5O3SSi. The second-order valence-corrected chi connectivity index (χ2v) is 22.2. The maximum Gasteiger partial charge on any atom is 0.192 e. The molecule has 1 N–H and O–H groups in total. The summed E-state index contributed by atoms with van der Waals surface area (Å²) in [5.74, 6) is 1.27. The second kappa shape index (κ2) is 16.4. The smallest absolute Gasteiger partial charge is 0.192 e. The fourth-order valence-electron chi connectivity index (χ4n) is 5.19. The van der Waals surface area contributed by atoms with Gasteiger partial charge in [-0.1, -0.05) is 58.9 Å². The van der Waals surface area contributed by atoms with Gasteiger partial charge in [0.05, 0.1) is 41.3 Å². The van der Waals surface area contributed by atoms with Gasteiger partial charge in [-0.3, -0.25) is 4.98 Å². The summed E-state index contributed by atoms with van der Waals surface area (Å²) in [4.78, 5) is 10.2. The summed E-state index contributed by atoms with van der Waals surface area (Å²) < 4.78 is 30.1. The lowest BCUT2D eigenvalue weighted by Gasteiger charge is -2.36. The Bertz CT molecular complexity index is 1640. The first kappa shape index (κ1) is 38.2. The van der Waals surface area contributed by atoms with Crippen LogP contribution >= 0.6 is 0 Å². The molecule has 4 heterocycles. The Morgan fingerprint density at radius 2 is 1.83 bits per heavy atom. The fourth-order valence-corrected chi connectivity index (χ4v) is 6.99. The maximum absolute atomic E-state index is 13.1. The van der Waals surface area contributed by atoms with Gasteiger partial charge in [0.2, 0.25) is 0 Å². The molecule has 1 aliphatic rings. The Labute approximate surface area is 292 Å². The summed E-state index contributed by atoms with van der Waals surface area (Å²) in [6.07, 6.45) is 11.0. The number of pyridine rings is 2. The zero-order valence-electron chi connectivity index (χ0n) is 30.6. The molecule has 0 radical (unpaired) electrons. The van der Waals surface area contributed by atoms with Gasteiger partial charge in [0.25, 0.3) is 0 Å². The molecule has 1 saturated heterocycles. The summed E-state index contributed by atoms with van der Waals surface area (Å²) in [5.41, 5.74) is 3.62. The molecule has 262 valence electrons. The van der Waals surface area contributed by atoms with Gasteiger partial charge in [-0.2, -0.15) is 5.10 Å². The lowest BCUT2D eigenvalue weighted by Crippen LogP contribution is -2.41. The number of aromatic nitrogens is 4. The molecule has 10 heteroatoms. The van der Waals surface area contributed by atoms with E-state index in [1.165, 1.54) is 0 Å². The number of hydrogen-bond acceptors (Lipinski definition) is 7. The molecule has 0 amide bonds. The number of hydrogen-bond donors (Lipinski definition) is 1. The first-order valence-electron chi connectivity index (χ1n) is 17.4. The molecule has 1 aliphatic heterocycles. The standard InChI is InChI=1S/C38H57N5O3SSi/c1-11-14-34(42-47(44)37(3,4)5)33-17-13-16-32(41-33)30(20-19-29-21-23-45-24-22-29)25-35-28(2)26-39-43(35)36-18-12-15-31(40-36)27-46-48(9,10)38(6,7)8/h12-13,15-18,20,25-26,29,34,42H,2,11,14,19,21-24,27H2,1,3-10H3/b30-20+,35-25+/t34-,47?/m0/s1. The van der Waals surface area contributed by atoms with E-state index in [9.17, 15) is 4.55 Å². The van der Waals surface area contributed by atoms with Crippen molar-refractivity contribution in [2.75, 3.05) is 13.2 Å². The van der Waals surface area contributed by atoms with Crippen LogP contribution in [0, 0.1) is 5.92 Å². The van der Waals surface area contributed by atoms with Gasteiger partial charge in [-0.25, -0.2) is 9.67 Å². The van der Waals surface area contributed by atoms with Crippen LogP contribution in [0.2, 0.25) is 18.1 Å². The highest BCUT2D eigenvalue weighted by atomic mass is 32.2. The third-order valence-electron chi connectivity index (χ3n) is 9.39. The minimum absolute atomic E-state index is 0.118. The van der Waals surface area contributed by atoms with E-state index < -0.39 is 19.7 Å². The predicted octanol–water partition coefficient (Wildman–Crippen LogP) is 7.17. The van der Waals surface area contributed by atoms with Gasteiger partial charge in [0, 0.05) is 29.8 Å². The van der Waals surface area contributed by atoms with Gasteiger partial charge in [-0.15, -0.1) is 4.72 Å². The third kappa shape index (κ3) is 10.2. The van der Waals surface area contributed by atoms with Crippen molar-refractivity contribution in [3.8, 4) is 5.82 Å². The normalized spacial score (nSPS) is 17.1. The summed E-state index contributed by atoms with van der Waals surface area (Å²) in [6, 6.07) is 12.0. The second-order valence-electron chi connectivity index (χ2n) is 15.4. The highest BCUT2D eigenvalue weighted by Crippen LogP contribution is 2.37. The largest absolute Gasteiger partial charge is 0.598 e. The lowest BCUT2D eigenvalue weighted by molar-refractivity contribution is 0.0673. The number of allylic oxidation sites excluding steroid dienone is 2. The van der Waals surface area contributed by atoms with E-state index in [1.807, 2.05) is 55.8 Å². The summed E-state index contributed by atoms with van der Waals surface area (Å²) in [7, 11) is -1.93. The minimum Gasteiger partial charge on any atom is -0.598 e. The van der Waals surface area contributed by atoms with Crippen molar-refractivity contribution in [2.24, 2.45) is 5.92 Å². The molecule has 4 rings (SSSR count). The number of rotatable bonds is 13. The van der Waals surface area contributed by atoms with Crippen molar-refractivity contribution in [1.29, 1.82) is 0 Å². The van der Waals surface area contributed by atoms with Gasteiger partial charge >= 0.3 is 0 Å². The van der Waals surface area contributed by atoms with Crippen LogP contribution in [0.3, 0.4) is 0 Å². The molecule has 0 saturated carbocycles. The molecular weight excluding hydrogens is 635 g/mol. The van der Waals surface area contributed by atoms with E-state index in [0.29, 0.717) is 12.5 Å². The Morgan fingerprint density at radius 3 is 2.50 bits per heavy atom. The summed E-state index contributed by atoms with van der Waals surface area (Å²) in [5, 5.41) is 6.49. The Morgan fingerprint density at radius 1 is 1.12 bits per heavy atom. The molecule has 3 aromatic heterocycles. The van der Waals surface area contributed by atoms with E-state index in [1.54, 1.807) is 6.20 Å². The first-order chi connectivity index (χ1) is 22.6. The topological polar surface area (TPSA) is 97.2 Å². The Balaban J connectivity index is 1.74. The highest BCUT2D eigenvalue weighted by molar-refractivity contribution is 7.90. The maximum atomic E-state index is 13.1. The lowest BCUT2D eigenvalue weighted by atomic mass is 9.94. The summed E-state index contributed by atoms with van der Waals surface area (Å²) >= 11 is -1.22. The van der Waals surface area contributed by atoms with Gasteiger partial charge in [0.15, 0.2) is 14.1 Å². The van der Waals surface area contributed by atoms with Crippen LogP contribution in [-0.4, -0.2) is 50.6 Å². The predicted molar refractivity (Wildman–Crippen MR) is 202 cm³/mol. The van der Waals surface area contributed by atoms with Crippen LogP contribution in [0.25, 0.3) is 24.0 Å². The van der Waals surface area contributed by atoms with E-state index in [2.05, 4.69) is 70.3 Å². The van der Waals surface area contributed by atoms with Gasteiger partial charge in [0.1, 0.15) is 4.75 Å². The molecule has 0 aliphatic carbocycles. The highest BCUT2D eigenvalue weighted by Gasteiger charge is 2.37. The van der Waals surface area contributed by atoms with E-state index in [0.717, 1.165) is 84.4 Å². The van der Waals surface area contributed by atoms with Crippen LogP contribution in [-0.2, 0) is 27.1 Å². The van der Waals surface area contributed by atoms with Crippen molar-refractivity contribution in [3.63, 3.8) is 0 Å².